The summed E-state index contributed by atoms with van der Waals surface area (Å²) in [5.74, 6) is 0.934. The van der Waals surface area contributed by atoms with Crippen molar-refractivity contribution in [3.8, 4) is 22.9 Å². The fraction of sp³-hybridized carbons (Fsp3) is 0.368. The van der Waals surface area contributed by atoms with Gasteiger partial charge >= 0.3 is 0 Å². The number of nitrogens with zero attached hydrogens (tertiary/aromatic N) is 2. The Bertz CT molecular complexity index is 947. The molecule has 0 radical (unpaired) electrons. The predicted molar refractivity (Wildman–Crippen MR) is 99.0 cm³/mol. The highest BCUT2D eigenvalue weighted by Crippen LogP contribution is 2.42. The first kappa shape index (κ1) is 18.4. The van der Waals surface area contributed by atoms with Gasteiger partial charge in [-0.2, -0.15) is 5.26 Å². The second-order valence-electron chi connectivity index (χ2n) is 6.37. The maximum atomic E-state index is 12.1. The van der Waals surface area contributed by atoms with Crippen molar-refractivity contribution in [2.45, 2.75) is 25.8 Å². The maximum absolute atomic E-state index is 12.1. The highest BCUT2D eigenvalue weighted by atomic mass is 32.2. The number of nitriles is 1. The maximum Gasteiger partial charge on any atom is 0.211 e. The molecule has 1 aliphatic carbocycles. The summed E-state index contributed by atoms with van der Waals surface area (Å²) in [6, 6.07) is 8.99. The molecule has 0 aliphatic heterocycles. The lowest BCUT2D eigenvalue weighted by molar-refractivity contribution is 0.416. The van der Waals surface area contributed by atoms with Gasteiger partial charge < -0.3 is 4.74 Å². The zero-order valence-electron chi connectivity index (χ0n) is 14.8. The molecule has 0 spiro atoms. The molecule has 1 N–H and O–H groups in total. The Hall–Kier alpha value is -2.43. The number of rotatable bonds is 7. The Kier molecular flexibility index (Phi) is 5.25. The van der Waals surface area contributed by atoms with Crippen molar-refractivity contribution >= 4 is 10.0 Å². The first-order chi connectivity index (χ1) is 12.5. The molecule has 1 aliphatic rings. The van der Waals surface area contributed by atoms with E-state index in [0.29, 0.717) is 17.2 Å². The molecule has 0 bridgehead atoms. The van der Waals surface area contributed by atoms with Crippen LogP contribution in [0.25, 0.3) is 11.1 Å². The van der Waals surface area contributed by atoms with Crippen LogP contribution in [-0.2, 0) is 10.0 Å². The SMILES string of the molecule is CCS(=O)(=O)N[C@H](c1cncc(-c2ccc(C#N)cc2OC)c1)C1CC1. The number of pyridine rings is 1. The van der Waals surface area contributed by atoms with E-state index in [0.717, 1.165) is 29.5 Å². The summed E-state index contributed by atoms with van der Waals surface area (Å²) in [5, 5.41) is 9.05. The lowest BCUT2D eigenvalue weighted by Gasteiger charge is -2.19. The summed E-state index contributed by atoms with van der Waals surface area (Å²) in [6.07, 6.45) is 5.43. The van der Waals surface area contributed by atoms with E-state index in [1.165, 1.54) is 0 Å². The van der Waals surface area contributed by atoms with Crippen LogP contribution in [0, 0.1) is 17.2 Å². The van der Waals surface area contributed by atoms with Crippen molar-refractivity contribution in [1.82, 2.24) is 9.71 Å². The predicted octanol–water partition coefficient (Wildman–Crippen LogP) is 3.02. The number of ether oxygens (including phenoxy) is 1. The molecule has 7 heteroatoms. The standard InChI is InChI=1S/C19H21N3O3S/c1-3-26(23,24)22-19(14-5-6-14)16-9-15(11-21-12-16)17-7-4-13(10-20)8-18(17)25-2/h4,7-9,11-12,14,19,22H,3,5-6H2,1-2H3/t19-/m0/s1. The van der Waals surface area contributed by atoms with Crippen molar-refractivity contribution in [2.24, 2.45) is 5.92 Å². The zero-order valence-corrected chi connectivity index (χ0v) is 15.6. The molecule has 1 saturated carbocycles. The molecular weight excluding hydrogens is 350 g/mol. The molecule has 2 aromatic rings. The summed E-state index contributed by atoms with van der Waals surface area (Å²) in [5.41, 5.74) is 2.99. The van der Waals surface area contributed by atoms with E-state index < -0.39 is 10.0 Å². The minimum absolute atomic E-state index is 0.0484. The third-order valence-electron chi connectivity index (χ3n) is 4.54. The van der Waals surface area contributed by atoms with Crippen LogP contribution in [0.15, 0.2) is 36.7 Å². The van der Waals surface area contributed by atoms with Gasteiger partial charge in [-0.05, 0) is 55.5 Å². The molecule has 0 amide bonds. The van der Waals surface area contributed by atoms with Gasteiger partial charge in [-0.15, -0.1) is 0 Å². The molecule has 1 fully saturated rings. The monoisotopic (exact) mass is 371 g/mol. The molecule has 26 heavy (non-hydrogen) atoms. The summed E-state index contributed by atoms with van der Waals surface area (Å²) < 4.78 is 32.3. The Balaban J connectivity index is 1.99. The lowest BCUT2D eigenvalue weighted by Crippen LogP contribution is -2.31. The summed E-state index contributed by atoms with van der Waals surface area (Å²) >= 11 is 0. The van der Waals surface area contributed by atoms with Gasteiger partial charge in [-0.1, -0.05) is 0 Å². The molecule has 0 unspecified atom stereocenters. The molecule has 1 aromatic heterocycles. The fourth-order valence-electron chi connectivity index (χ4n) is 2.92. The second-order valence-corrected chi connectivity index (χ2v) is 8.41. The highest BCUT2D eigenvalue weighted by molar-refractivity contribution is 7.89. The van der Waals surface area contributed by atoms with Gasteiger partial charge in [-0.25, -0.2) is 13.1 Å². The molecule has 3 rings (SSSR count). The van der Waals surface area contributed by atoms with Gasteiger partial charge in [0.25, 0.3) is 0 Å². The molecule has 1 heterocycles. The van der Waals surface area contributed by atoms with Crippen LogP contribution >= 0.6 is 0 Å². The van der Waals surface area contributed by atoms with E-state index in [1.807, 2.05) is 12.1 Å². The Labute approximate surface area is 153 Å². The minimum atomic E-state index is -3.31. The number of nitrogens with one attached hydrogen (secondary N) is 1. The average Bonchev–Trinajstić information content (AvgIpc) is 3.51. The van der Waals surface area contributed by atoms with Gasteiger partial charge in [0.2, 0.25) is 10.0 Å². The van der Waals surface area contributed by atoms with E-state index >= 15 is 0 Å². The summed E-state index contributed by atoms with van der Waals surface area (Å²) in [4.78, 5) is 4.31. The molecular formula is C19H21N3O3S. The normalized spacial score (nSPS) is 15.3. The Morgan fingerprint density at radius 1 is 1.35 bits per heavy atom. The summed E-state index contributed by atoms with van der Waals surface area (Å²) in [6.45, 7) is 1.63. The smallest absolute Gasteiger partial charge is 0.211 e. The molecule has 1 aromatic carbocycles. The summed E-state index contributed by atoms with van der Waals surface area (Å²) in [7, 11) is -1.75. The third-order valence-corrected chi connectivity index (χ3v) is 5.91. The van der Waals surface area contributed by atoms with E-state index in [-0.39, 0.29) is 11.8 Å². The largest absolute Gasteiger partial charge is 0.496 e. The van der Waals surface area contributed by atoms with Crippen molar-refractivity contribution < 1.29 is 13.2 Å². The third kappa shape index (κ3) is 4.03. The number of aromatic nitrogens is 1. The van der Waals surface area contributed by atoms with Crippen molar-refractivity contribution in [3.63, 3.8) is 0 Å². The van der Waals surface area contributed by atoms with Crippen molar-refractivity contribution in [2.75, 3.05) is 12.9 Å². The van der Waals surface area contributed by atoms with Crippen LogP contribution in [0.2, 0.25) is 0 Å². The van der Waals surface area contributed by atoms with E-state index in [9.17, 15) is 8.42 Å². The highest BCUT2D eigenvalue weighted by Gasteiger charge is 2.35. The Morgan fingerprint density at radius 2 is 2.12 bits per heavy atom. The Morgan fingerprint density at radius 3 is 2.73 bits per heavy atom. The quantitative estimate of drug-likeness (QED) is 0.808. The van der Waals surface area contributed by atoms with E-state index in [4.69, 9.17) is 10.00 Å². The topological polar surface area (TPSA) is 92.1 Å². The first-order valence-corrected chi connectivity index (χ1v) is 10.2. The molecule has 136 valence electrons. The van der Waals surface area contributed by atoms with Crippen LogP contribution < -0.4 is 9.46 Å². The minimum Gasteiger partial charge on any atom is -0.496 e. The van der Waals surface area contributed by atoms with E-state index in [2.05, 4.69) is 15.8 Å². The molecule has 1 atom stereocenters. The van der Waals surface area contributed by atoms with Crippen molar-refractivity contribution in [3.05, 3.63) is 47.8 Å². The molecule has 6 nitrogen and oxygen atoms in total. The average molecular weight is 371 g/mol. The fourth-order valence-corrected chi connectivity index (χ4v) is 3.80. The number of hydrogen-bond acceptors (Lipinski definition) is 5. The van der Waals surface area contributed by atoms with Crippen LogP contribution in [-0.4, -0.2) is 26.3 Å². The number of benzene rings is 1. The second kappa shape index (κ2) is 7.44. The zero-order chi connectivity index (χ0) is 18.7. The lowest BCUT2D eigenvalue weighted by atomic mass is 9.99. The van der Waals surface area contributed by atoms with Crippen LogP contribution in [0.3, 0.4) is 0 Å². The number of sulfonamides is 1. The van der Waals surface area contributed by atoms with Crippen LogP contribution in [0.4, 0.5) is 0 Å². The molecule has 0 saturated heterocycles. The first-order valence-electron chi connectivity index (χ1n) is 8.51. The van der Waals surface area contributed by atoms with Gasteiger partial charge in [-0.3, -0.25) is 4.98 Å². The van der Waals surface area contributed by atoms with Gasteiger partial charge in [0.05, 0.1) is 30.5 Å². The van der Waals surface area contributed by atoms with Crippen LogP contribution in [0.1, 0.15) is 36.9 Å². The van der Waals surface area contributed by atoms with Crippen LogP contribution in [0.5, 0.6) is 5.75 Å². The van der Waals surface area contributed by atoms with Gasteiger partial charge in [0.15, 0.2) is 0 Å². The van der Waals surface area contributed by atoms with Gasteiger partial charge in [0.1, 0.15) is 5.75 Å². The van der Waals surface area contributed by atoms with Gasteiger partial charge in [0, 0.05) is 23.5 Å². The number of hydrogen-bond donors (Lipinski definition) is 1. The van der Waals surface area contributed by atoms with Crippen molar-refractivity contribution in [1.29, 1.82) is 5.26 Å². The number of methoxy groups -OCH3 is 1. The van der Waals surface area contributed by atoms with E-state index in [1.54, 1.807) is 38.6 Å².